The van der Waals surface area contributed by atoms with Crippen molar-refractivity contribution >= 4 is 44.1 Å². The SMILES string of the molecule is COc1cccc(/C(O)=C2\C(=O)C(=O)N(c3nc4c(C)cc(C)cc4s3)C2c2ccc(O)c(OC)c2)c1. The molecule has 1 aliphatic heterocycles. The van der Waals surface area contributed by atoms with Gasteiger partial charge < -0.3 is 19.7 Å². The van der Waals surface area contributed by atoms with Gasteiger partial charge in [-0.15, -0.1) is 0 Å². The fraction of sp³-hybridized carbons (Fsp3) is 0.179. The molecule has 8 nitrogen and oxygen atoms in total. The van der Waals surface area contributed by atoms with E-state index in [1.165, 1.54) is 36.5 Å². The molecule has 0 saturated carbocycles. The lowest BCUT2D eigenvalue weighted by Gasteiger charge is -2.23. The van der Waals surface area contributed by atoms with Gasteiger partial charge in [0.1, 0.15) is 11.5 Å². The van der Waals surface area contributed by atoms with Gasteiger partial charge in [-0.25, -0.2) is 4.98 Å². The smallest absolute Gasteiger partial charge is 0.301 e. The zero-order valence-electron chi connectivity index (χ0n) is 20.6. The fourth-order valence-corrected chi connectivity index (χ4v) is 5.77. The molecular formula is C28H24N2O6S. The zero-order chi connectivity index (χ0) is 26.4. The number of thiazole rings is 1. The van der Waals surface area contributed by atoms with Crippen LogP contribution in [0.5, 0.6) is 17.2 Å². The van der Waals surface area contributed by atoms with Crippen molar-refractivity contribution < 1.29 is 29.3 Å². The number of carbonyl (C=O) groups is 2. The number of aliphatic hydroxyl groups excluding tert-OH is 1. The highest BCUT2D eigenvalue weighted by molar-refractivity contribution is 7.22. The highest BCUT2D eigenvalue weighted by Gasteiger charge is 2.48. The second kappa shape index (κ2) is 9.25. The Hall–Kier alpha value is -4.37. The minimum Gasteiger partial charge on any atom is -0.507 e. The Kier molecular flexibility index (Phi) is 6.08. The third-order valence-corrected chi connectivity index (χ3v) is 7.33. The van der Waals surface area contributed by atoms with Gasteiger partial charge in [0.15, 0.2) is 16.6 Å². The second-order valence-corrected chi connectivity index (χ2v) is 9.77. The first kappa shape index (κ1) is 24.3. The van der Waals surface area contributed by atoms with Gasteiger partial charge in [-0.2, -0.15) is 0 Å². The van der Waals surface area contributed by atoms with Gasteiger partial charge in [0.2, 0.25) is 0 Å². The molecule has 0 aliphatic carbocycles. The van der Waals surface area contributed by atoms with Crippen molar-refractivity contribution in [2.45, 2.75) is 19.9 Å². The maximum atomic E-state index is 13.5. The summed E-state index contributed by atoms with van der Waals surface area (Å²) in [7, 11) is 2.91. The van der Waals surface area contributed by atoms with E-state index in [-0.39, 0.29) is 22.8 Å². The third-order valence-electron chi connectivity index (χ3n) is 6.33. The summed E-state index contributed by atoms with van der Waals surface area (Å²) in [6.07, 6.45) is 0. The van der Waals surface area contributed by atoms with Crippen LogP contribution in [-0.4, -0.2) is 41.1 Å². The van der Waals surface area contributed by atoms with Crippen LogP contribution >= 0.6 is 11.3 Å². The Bertz CT molecular complexity index is 1610. The molecule has 37 heavy (non-hydrogen) atoms. The van der Waals surface area contributed by atoms with Gasteiger partial charge in [0.25, 0.3) is 5.78 Å². The van der Waals surface area contributed by atoms with Crippen molar-refractivity contribution in [3.8, 4) is 17.2 Å². The van der Waals surface area contributed by atoms with Gasteiger partial charge in [0, 0.05) is 5.56 Å². The van der Waals surface area contributed by atoms with Crippen LogP contribution in [0, 0.1) is 13.8 Å². The number of hydrogen-bond acceptors (Lipinski definition) is 8. The Morgan fingerprint density at radius 2 is 1.81 bits per heavy atom. The fourth-order valence-electron chi connectivity index (χ4n) is 4.60. The summed E-state index contributed by atoms with van der Waals surface area (Å²) < 4.78 is 11.4. The summed E-state index contributed by atoms with van der Waals surface area (Å²) in [5.41, 5.74) is 3.43. The maximum Gasteiger partial charge on any atom is 0.301 e. The number of anilines is 1. The lowest BCUT2D eigenvalue weighted by Crippen LogP contribution is -2.29. The summed E-state index contributed by atoms with van der Waals surface area (Å²) in [5, 5.41) is 21.8. The minimum absolute atomic E-state index is 0.0953. The third kappa shape index (κ3) is 4.07. The normalized spacial score (nSPS) is 17.0. The van der Waals surface area contributed by atoms with Crippen LogP contribution in [0.2, 0.25) is 0 Å². The summed E-state index contributed by atoms with van der Waals surface area (Å²) in [5.74, 6) is -1.44. The van der Waals surface area contributed by atoms with E-state index in [9.17, 15) is 19.8 Å². The molecule has 0 radical (unpaired) electrons. The first-order valence-corrected chi connectivity index (χ1v) is 12.2. The van der Waals surface area contributed by atoms with Crippen LogP contribution in [0.3, 0.4) is 0 Å². The molecule has 1 amide bonds. The van der Waals surface area contributed by atoms with E-state index in [1.807, 2.05) is 26.0 Å². The topological polar surface area (TPSA) is 109 Å². The molecule has 2 N–H and O–H groups in total. The van der Waals surface area contributed by atoms with Gasteiger partial charge in [-0.3, -0.25) is 14.5 Å². The Morgan fingerprint density at radius 1 is 1.03 bits per heavy atom. The number of methoxy groups -OCH3 is 2. The van der Waals surface area contributed by atoms with E-state index in [4.69, 9.17) is 14.5 Å². The minimum atomic E-state index is -1.01. The standard InChI is InChI=1S/C28H24N2O6S/c1-14-10-15(2)23-21(11-14)37-28(29-23)30-24(16-8-9-19(31)20(13-16)36-4)22(26(33)27(30)34)25(32)17-6-5-7-18(12-17)35-3/h5-13,24,31-32H,1-4H3/b25-22+. The van der Waals surface area contributed by atoms with Crippen LogP contribution in [0.15, 0.2) is 60.2 Å². The first-order valence-electron chi connectivity index (χ1n) is 11.4. The number of Topliss-reactive ketones (excluding diaryl/α,β-unsaturated/α-hetero) is 1. The molecule has 9 heteroatoms. The number of amides is 1. The predicted octanol–water partition coefficient (Wildman–Crippen LogP) is 5.26. The number of hydrogen-bond donors (Lipinski definition) is 2. The molecule has 1 aliphatic rings. The van der Waals surface area contributed by atoms with Gasteiger partial charge in [0.05, 0.1) is 36.1 Å². The lowest BCUT2D eigenvalue weighted by molar-refractivity contribution is -0.132. The van der Waals surface area contributed by atoms with E-state index in [0.717, 1.165) is 21.3 Å². The molecular weight excluding hydrogens is 492 g/mol. The van der Waals surface area contributed by atoms with Crippen LogP contribution in [0.4, 0.5) is 5.13 Å². The molecule has 4 aromatic rings. The lowest BCUT2D eigenvalue weighted by atomic mass is 9.95. The molecule has 1 aromatic heterocycles. The van der Waals surface area contributed by atoms with Gasteiger partial charge >= 0.3 is 5.91 Å². The van der Waals surface area contributed by atoms with E-state index < -0.39 is 17.7 Å². The van der Waals surface area contributed by atoms with Crippen molar-refractivity contribution in [3.05, 3.63) is 82.4 Å². The summed E-state index contributed by atoms with van der Waals surface area (Å²) in [6.45, 7) is 3.92. The van der Waals surface area contributed by atoms with Crippen molar-refractivity contribution in [1.82, 2.24) is 4.98 Å². The summed E-state index contributed by atoms with van der Waals surface area (Å²) >= 11 is 1.29. The number of carbonyl (C=O) groups excluding carboxylic acids is 2. The number of aromatic nitrogens is 1. The van der Waals surface area contributed by atoms with Crippen LogP contribution in [0.25, 0.3) is 16.0 Å². The van der Waals surface area contributed by atoms with Crippen molar-refractivity contribution in [2.24, 2.45) is 0 Å². The molecule has 0 spiro atoms. The Morgan fingerprint density at radius 3 is 2.54 bits per heavy atom. The Balaban J connectivity index is 1.76. The van der Waals surface area contributed by atoms with E-state index >= 15 is 0 Å². The predicted molar refractivity (Wildman–Crippen MR) is 142 cm³/mol. The van der Waals surface area contributed by atoms with Crippen molar-refractivity contribution in [2.75, 3.05) is 19.1 Å². The zero-order valence-corrected chi connectivity index (χ0v) is 21.4. The molecule has 3 aromatic carbocycles. The number of ether oxygens (including phenoxy) is 2. The van der Waals surface area contributed by atoms with Crippen molar-refractivity contribution in [1.29, 1.82) is 0 Å². The number of aliphatic hydroxyl groups is 1. The quantitative estimate of drug-likeness (QED) is 0.211. The van der Waals surface area contributed by atoms with E-state index in [2.05, 4.69) is 0 Å². The van der Waals surface area contributed by atoms with Crippen LogP contribution in [-0.2, 0) is 9.59 Å². The molecule has 5 rings (SSSR count). The molecule has 1 unspecified atom stereocenters. The van der Waals surface area contributed by atoms with E-state index in [1.54, 1.807) is 36.4 Å². The number of aromatic hydroxyl groups is 1. The molecule has 1 fully saturated rings. The number of aryl methyl sites for hydroxylation is 2. The average Bonchev–Trinajstić information content (AvgIpc) is 3.42. The number of phenolic OH excluding ortho intramolecular Hbond substituents is 1. The van der Waals surface area contributed by atoms with Crippen LogP contribution < -0.4 is 14.4 Å². The van der Waals surface area contributed by atoms with Crippen LogP contribution in [0.1, 0.15) is 28.3 Å². The highest BCUT2D eigenvalue weighted by Crippen LogP contribution is 2.46. The Labute approximate surface area is 217 Å². The van der Waals surface area contributed by atoms with Gasteiger partial charge in [-0.05, 0) is 60.9 Å². The molecule has 1 saturated heterocycles. The number of rotatable bonds is 5. The van der Waals surface area contributed by atoms with Crippen molar-refractivity contribution in [3.63, 3.8) is 0 Å². The van der Waals surface area contributed by atoms with E-state index in [0.29, 0.717) is 22.0 Å². The summed E-state index contributed by atoms with van der Waals surface area (Å²) in [6, 6.07) is 14.1. The molecule has 2 heterocycles. The number of benzene rings is 3. The maximum absolute atomic E-state index is 13.5. The number of nitrogens with zero attached hydrogens (tertiary/aromatic N) is 2. The summed E-state index contributed by atoms with van der Waals surface area (Å²) in [4.78, 5) is 33.0. The largest absolute Gasteiger partial charge is 0.507 e. The number of ketones is 1. The molecule has 0 bridgehead atoms. The van der Waals surface area contributed by atoms with Gasteiger partial charge in [-0.1, -0.05) is 35.6 Å². The second-order valence-electron chi connectivity index (χ2n) is 8.76. The highest BCUT2D eigenvalue weighted by atomic mass is 32.1. The molecule has 1 atom stereocenters. The monoisotopic (exact) mass is 516 g/mol. The average molecular weight is 517 g/mol. The number of fused-ring (bicyclic) bond motifs is 1. The number of phenols is 1. The first-order chi connectivity index (χ1) is 17.7. The molecule has 188 valence electrons.